The van der Waals surface area contributed by atoms with Crippen LogP contribution in [0.4, 0.5) is 13.2 Å². The Kier molecular flexibility index (Phi) is 7.04. The Morgan fingerprint density at radius 1 is 1.36 bits per heavy atom. The lowest BCUT2D eigenvalue weighted by Gasteiger charge is -2.16. The Labute approximate surface area is 160 Å². The van der Waals surface area contributed by atoms with Crippen LogP contribution >= 0.6 is 39.3 Å². The highest BCUT2D eigenvalue weighted by atomic mass is 79.9. The molecule has 0 spiro atoms. The predicted molar refractivity (Wildman–Crippen MR) is 95.0 cm³/mol. The Balaban J connectivity index is 2.37. The summed E-state index contributed by atoms with van der Waals surface area (Å²) in [5.41, 5.74) is 0.431. The van der Waals surface area contributed by atoms with Gasteiger partial charge in [-0.25, -0.2) is 4.39 Å². The summed E-state index contributed by atoms with van der Waals surface area (Å²) in [7, 11) is 0. The summed E-state index contributed by atoms with van der Waals surface area (Å²) in [6, 6.07) is 6.63. The zero-order valence-corrected chi connectivity index (χ0v) is 15.9. The van der Waals surface area contributed by atoms with E-state index in [1.807, 2.05) is 0 Å². The maximum atomic E-state index is 13.4. The van der Waals surface area contributed by atoms with E-state index in [1.165, 1.54) is 25.1 Å². The smallest absolute Gasteiger partial charge is 0.288 e. The standard InChI is InChI=1S/C16H12BrClF3NO2S/c1-8(23)22-7-12-14(25-16(20)21)3-2-13(15(12)17)24-11-5-9(18)4-10(19)6-11/h2-6,16H,7H2,1H3,(H,22,23). The van der Waals surface area contributed by atoms with Gasteiger partial charge in [0.2, 0.25) is 5.91 Å². The number of nitrogens with one attached hydrogen (secondary N) is 1. The molecule has 134 valence electrons. The Hall–Kier alpha value is -1.38. The van der Waals surface area contributed by atoms with Crippen molar-refractivity contribution in [2.45, 2.75) is 24.1 Å². The number of hydrogen-bond acceptors (Lipinski definition) is 3. The van der Waals surface area contributed by atoms with Gasteiger partial charge in [-0.2, -0.15) is 8.78 Å². The maximum Gasteiger partial charge on any atom is 0.288 e. The van der Waals surface area contributed by atoms with Gasteiger partial charge in [-0.05, 0) is 40.2 Å². The summed E-state index contributed by atoms with van der Waals surface area (Å²) >= 11 is 9.45. The number of rotatable bonds is 6. The predicted octanol–water partition coefficient (Wildman–Crippen LogP) is 5.98. The van der Waals surface area contributed by atoms with Crippen molar-refractivity contribution >= 4 is 45.2 Å². The first-order valence-electron chi connectivity index (χ1n) is 6.91. The third-order valence-electron chi connectivity index (χ3n) is 2.96. The van der Waals surface area contributed by atoms with Crippen LogP contribution in [0, 0.1) is 5.82 Å². The number of amides is 1. The van der Waals surface area contributed by atoms with E-state index in [1.54, 1.807) is 0 Å². The quantitative estimate of drug-likeness (QED) is 0.545. The van der Waals surface area contributed by atoms with Crippen LogP contribution in [-0.2, 0) is 11.3 Å². The minimum atomic E-state index is -2.61. The zero-order chi connectivity index (χ0) is 18.6. The van der Waals surface area contributed by atoms with E-state index in [0.717, 1.165) is 12.1 Å². The third kappa shape index (κ3) is 5.83. The molecule has 2 aromatic rings. The molecule has 25 heavy (non-hydrogen) atoms. The first-order chi connectivity index (χ1) is 11.8. The van der Waals surface area contributed by atoms with E-state index in [4.69, 9.17) is 16.3 Å². The molecule has 0 aliphatic carbocycles. The van der Waals surface area contributed by atoms with Crippen LogP contribution in [0.2, 0.25) is 5.02 Å². The van der Waals surface area contributed by atoms with Gasteiger partial charge in [-0.1, -0.05) is 23.4 Å². The van der Waals surface area contributed by atoms with Gasteiger partial charge in [0.15, 0.2) is 0 Å². The van der Waals surface area contributed by atoms with Crippen molar-refractivity contribution in [3.05, 3.63) is 51.2 Å². The summed E-state index contributed by atoms with van der Waals surface area (Å²) in [5, 5.41) is 2.72. The van der Waals surface area contributed by atoms with Crippen LogP contribution in [0.5, 0.6) is 11.5 Å². The molecule has 3 nitrogen and oxygen atoms in total. The minimum absolute atomic E-state index is 0.0338. The first-order valence-corrected chi connectivity index (χ1v) is 8.96. The molecule has 0 bridgehead atoms. The Morgan fingerprint density at radius 3 is 2.68 bits per heavy atom. The molecule has 0 aliphatic heterocycles. The molecule has 0 fully saturated rings. The lowest BCUT2D eigenvalue weighted by atomic mass is 10.2. The van der Waals surface area contributed by atoms with Gasteiger partial charge in [-0.15, -0.1) is 0 Å². The van der Waals surface area contributed by atoms with Gasteiger partial charge in [0, 0.05) is 35.0 Å². The van der Waals surface area contributed by atoms with Crippen LogP contribution in [0.3, 0.4) is 0 Å². The number of benzene rings is 2. The van der Waals surface area contributed by atoms with Gasteiger partial charge in [-0.3, -0.25) is 4.79 Å². The number of halogens is 5. The molecule has 0 atom stereocenters. The average Bonchev–Trinajstić information content (AvgIpc) is 2.48. The fourth-order valence-corrected chi connectivity index (χ4v) is 3.52. The normalized spacial score (nSPS) is 10.8. The second-order valence-corrected chi connectivity index (χ2v) is 7.11. The van der Waals surface area contributed by atoms with E-state index in [9.17, 15) is 18.0 Å². The van der Waals surface area contributed by atoms with E-state index in [0.29, 0.717) is 26.7 Å². The maximum absolute atomic E-state index is 13.4. The number of hydrogen-bond donors (Lipinski definition) is 1. The summed E-state index contributed by atoms with van der Waals surface area (Å²) in [4.78, 5) is 11.4. The molecule has 0 saturated carbocycles. The highest BCUT2D eigenvalue weighted by Crippen LogP contribution is 2.40. The van der Waals surface area contributed by atoms with Gasteiger partial charge in [0.25, 0.3) is 5.76 Å². The molecule has 0 aliphatic rings. The topological polar surface area (TPSA) is 38.3 Å². The number of ether oxygens (including phenoxy) is 1. The molecule has 0 radical (unpaired) electrons. The van der Waals surface area contributed by atoms with Gasteiger partial charge < -0.3 is 10.1 Å². The molecule has 0 unspecified atom stereocenters. The van der Waals surface area contributed by atoms with Crippen molar-refractivity contribution in [2.75, 3.05) is 0 Å². The molecule has 0 aromatic heterocycles. The van der Waals surface area contributed by atoms with Crippen LogP contribution in [-0.4, -0.2) is 11.7 Å². The van der Waals surface area contributed by atoms with E-state index in [-0.39, 0.29) is 29.0 Å². The molecule has 1 amide bonds. The fraction of sp³-hybridized carbons (Fsp3) is 0.188. The van der Waals surface area contributed by atoms with Crippen molar-refractivity contribution in [1.82, 2.24) is 5.32 Å². The largest absolute Gasteiger partial charge is 0.456 e. The molecule has 2 rings (SSSR count). The van der Waals surface area contributed by atoms with Gasteiger partial charge in [0.1, 0.15) is 17.3 Å². The number of alkyl halides is 2. The van der Waals surface area contributed by atoms with E-state index in [2.05, 4.69) is 21.2 Å². The Bertz CT molecular complexity index is 772. The average molecular weight is 455 g/mol. The van der Waals surface area contributed by atoms with Crippen LogP contribution in [0.25, 0.3) is 0 Å². The van der Waals surface area contributed by atoms with Gasteiger partial charge in [0.05, 0.1) is 4.47 Å². The monoisotopic (exact) mass is 453 g/mol. The second-order valence-electron chi connectivity index (χ2n) is 4.85. The van der Waals surface area contributed by atoms with Crippen LogP contribution < -0.4 is 10.1 Å². The van der Waals surface area contributed by atoms with Crippen LogP contribution in [0.15, 0.2) is 39.7 Å². The van der Waals surface area contributed by atoms with Crippen LogP contribution in [0.1, 0.15) is 12.5 Å². The molecule has 2 aromatic carbocycles. The molecular weight excluding hydrogens is 443 g/mol. The molecule has 9 heteroatoms. The lowest BCUT2D eigenvalue weighted by Crippen LogP contribution is -2.19. The van der Waals surface area contributed by atoms with Crippen molar-refractivity contribution in [1.29, 1.82) is 0 Å². The highest BCUT2D eigenvalue weighted by Gasteiger charge is 2.17. The third-order valence-corrected chi connectivity index (χ3v) is 4.86. The SMILES string of the molecule is CC(=O)NCc1c(SC(F)F)ccc(Oc2cc(F)cc(Cl)c2)c1Br. The highest BCUT2D eigenvalue weighted by molar-refractivity contribution is 9.10. The molecule has 1 N–H and O–H groups in total. The van der Waals surface area contributed by atoms with Crippen molar-refractivity contribution < 1.29 is 22.7 Å². The van der Waals surface area contributed by atoms with E-state index >= 15 is 0 Å². The number of carbonyl (C=O) groups is 1. The first kappa shape index (κ1) is 19.9. The van der Waals surface area contributed by atoms with Crippen molar-refractivity contribution in [3.8, 4) is 11.5 Å². The van der Waals surface area contributed by atoms with Gasteiger partial charge >= 0.3 is 0 Å². The minimum Gasteiger partial charge on any atom is -0.456 e. The fourth-order valence-electron chi connectivity index (χ4n) is 1.96. The number of carbonyl (C=O) groups excluding carboxylic acids is 1. The lowest BCUT2D eigenvalue weighted by molar-refractivity contribution is -0.119. The molecular formula is C16H12BrClF3NO2S. The molecule has 0 heterocycles. The zero-order valence-electron chi connectivity index (χ0n) is 12.8. The summed E-state index contributed by atoms with van der Waals surface area (Å²) in [6.45, 7) is 1.36. The summed E-state index contributed by atoms with van der Waals surface area (Å²) in [5.74, 6) is -3.05. The Morgan fingerprint density at radius 2 is 2.08 bits per heavy atom. The summed E-state index contributed by atoms with van der Waals surface area (Å²) < 4.78 is 44.9. The second kappa shape index (κ2) is 8.82. The molecule has 0 saturated heterocycles. The van der Waals surface area contributed by atoms with Crippen molar-refractivity contribution in [3.63, 3.8) is 0 Å². The van der Waals surface area contributed by atoms with E-state index < -0.39 is 11.6 Å². The van der Waals surface area contributed by atoms with Crippen molar-refractivity contribution in [2.24, 2.45) is 0 Å². The summed E-state index contributed by atoms with van der Waals surface area (Å²) in [6.07, 6.45) is 0. The number of thioether (sulfide) groups is 1.